The summed E-state index contributed by atoms with van der Waals surface area (Å²) in [5.41, 5.74) is 26.4. The van der Waals surface area contributed by atoms with Crippen LogP contribution < -0.4 is 0 Å². The van der Waals surface area contributed by atoms with Crippen molar-refractivity contribution in [1.29, 1.82) is 0 Å². The molecule has 28 rings (SSSR count). The summed E-state index contributed by atoms with van der Waals surface area (Å²) >= 11 is 1.90. The topological polar surface area (TPSA) is 134 Å². The van der Waals surface area contributed by atoms with Crippen LogP contribution in [0.4, 0.5) is 0 Å². The summed E-state index contributed by atoms with van der Waals surface area (Å²) in [4.78, 5) is 49.7. The first-order valence-electron chi connectivity index (χ1n) is 46.7. The van der Waals surface area contributed by atoms with Crippen molar-refractivity contribution in [3.63, 3.8) is 0 Å². The molecule has 6 aromatic heterocycles. The molecule has 2 aliphatic rings. The van der Waals surface area contributed by atoms with Gasteiger partial charge in [0, 0.05) is 110 Å². The van der Waals surface area contributed by atoms with Crippen LogP contribution in [0, 0.1) is 0 Å². The second-order valence-electron chi connectivity index (χ2n) is 35.2. The first-order valence-corrected chi connectivity index (χ1v) is 47.5. The van der Waals surface area contributed by atoms with E-state index < -0.39 is 5.41 Å². The Morgan fingerprint density at radius 1 is 0.194 bits per heavy atom. The molecule has 0 unspecified atom stereocenters. The van der Waals surface area contributed by atoms with Gasteiger partial charge in [0.1, 0.15) is 0 Å². The van der Waals surface area contributed by atoms with Crippen LogP contribution in [0.5, 0.6) is 0 Å². The Bertz CT molecular complexity index is 9100. The molecule has 26 aromatic rings. The van der Waals surface area contributed by atoms with Crippen molar-refractivity contribution in [3.8, 4) is 153 Å². The van der Waals surface area contributed by atoms with Gasteiger partial charge in [0.05, 0.1) is 22.1 Å². The van der Waals surface area contributed by atoms with Crippen molar-refractivity contribution in [2.45, 2.75) is 5.41 Å². The molecule has 0 saturated heterocycles. The minimum atomic E-state index is -0.476. The molecule has 6 heterocycles. The molecule has 0 radical (unpaired) electrons. The molecule has 11 nitrogen and oxygen atoms in total. The third-order valence-corrected chi connectivity index (χ3v) is 28.3. The lowest BCUT2D eigenvalue weighted by Crippen LogP contribution is -2.25. The molecule has 1 spiro atoms. The largest absolute Gasteiger partial charge is 0.309 e. The fourth-order valence-corrected chi connectivity index (χ4v) is 22.1. The summed E-state index contributed by atoms with van der Waals surface area (Å²) < 4.78 is 5.06. The number of rotatable bonds is 12. The first kappa shape index (κ1) is 81.4. The molecule has 20 aromatic carbocycles. The van der Waals surface area contributed by atoms with Crippen LogP contribution in [0.2, 0.25) is 0 Å². The van der Waals surface area contributed by atoms with Crippen molar-refractivity contribution in [1.82, 2.24) is 54.4 Å². The van der Waals surface area contributed by atoms with Crippen LogP contribution in [-0.2, 0) is 5.41 Å². The Morgan fingerprint density at radius 2 is 0.612 bits per heavy atom. The van der Waals surface area contributed by atoms with Gasteiger partial charge in [0.15, 0.2) is 52.4 Å². The molecular weight excluding hydrogens is 1710 g/mol. The molecule has 0 fully saturated rings. The maximum atomic E-state index is 5.14. The minimum absolute atomic E-state index is 0.476. The van der Waals surface area contributed by atoms with E-state index in [1.54, 1.807) is 6.20 Å². The smallest absolute Gasteiger partial charge is 0.164 e. The van der Waals surface area contributed by atoms with Gasteiger partial charge in [0.25, 0.3) is 0 Å². The van der Waals surface area contributed by atoms with Gasteiger partial charge < -0.3 is 4.57 Å². The predicted octanol–water partition coefficient (Wildman–Crippen LogP) is 31.8. The second kappa shape index (κ2) is 34.3. The Hall–Kier alpha value is -18.4. The molecule has 12 heteroatoms. The SMILES string of the molecule is c1ccc(-c2nc(-c3ccccc3)nc(-c3cc(-c4cccnc4)cc(-c4cc5ccccc5c5ccccc45)c3)n2)cc1.c1ccc(-c2nc(-c3ccccc3)nc(-c3ccc(-n4c5ccccc5c5cc6ccccc6cc54)c4ccccc34)n2)cc1.c1ccc(-c2nc(-c3ccccc3)nc(-c3ccc4c(c3)C3(c5ccccc5-c5ccccc53)c3ccc5c(sc6ccccc65)c3-4)n2)cc1. The summed E-state index contributed by atoms with van der Waals surface area (Å²) in [7, 11) is 0. The van der Waals surface area contributed by atoms with Gasteiger partial charge in [0.2, 0.25) is 0 Å². The van der Waals surface area contributed by atoms with E-state index >= 15 is 0 Å². The van der Waals surface area contributed by atoms with Crippen molar-refractivity contribution in [2.24, 2.45) is 0 Å². The van der Waals surface area contributed by atoms with Gasteiger partial charge in [-0.2, -0.15) is 0 Å². The number of thiophene rings is 1. The van der Waals surface area contributed by atoms with E-state index in [-0.39, 0.29) is 0 Å². The fraction of sp³-hybridized carbons (Fsp3) is 0.00787. The number of nitrogens with zero attached hydrogens (tertiary/aromatic N) is 11. The number of aromatic nitrogens is 11. The molecule has 0 N–H and O–H groups in total. The predicted molar refractivity (Wildman–Crippen MR) is 571 cm³/mol. The Morgan fingerprint density at radius 3 is 1.17 bits per heavy atom. The monoisotopic (exact) mass is 1790 g/mol. The fourth-order valence-electron chi connectivity index (χ4n) is 20.8. The highest BCUT2D eigenvalue weighted by Gasteiger charge is 2.52. The van der Waals surface area contributed by atoms with E-state index in [4.69, 9.17) is 44.9 Å². The van der Waals surface area contributed by atoms with E-state index in [0.717, 1.165) is 88.8 Å². The Labute approximate surface area is 804 Å². The zero-order valence-corrected chi connectivity index (χ0v) is 75.8. The van der Waals surface area contributed by atoms with Gasteiger partial charge in [-0.1, -0.05) is 394 Å². The Balaban J connectivity index is 0.000000108. The van der Waals surface area contributed by atoms with Crippen molar-refractivity contribution >= 4 is 96.4 Å². The standard InChI is InChI=1S/C46H27N3S.C41H26N4.C40H26N4/c1-3-13-28(14-4-1)43-47-44(29-15-5-2-6-16-29)49-45(48-43)30-23-24-35-39(27-30)46(36-20-10-7-17-31(36)32-18-8-11-21-37(32)46)38-26-25-34-33-19-9-12-22-40(33)50-42(34)41(35)38;1-3-13-27(14-4-1)39-42-40(28-15-5-2-6-16-28)44-41(43-39)34-23-24-37(32-20-10-9-19-31(32)34)45-36-22-12-11-21-33(36)35-25-29-17-7-8-18-30(29)26-38(35)45;1-3-12-27(13-4-1)38-42-39(28-14-5-2-6-15-28)44-40(43-38)33-23-31(30-17-11-21-41-26-30)22-32(24-33)37-25-29-16-7-8-18-34(29)35-19-9-10-20-36(35)37/h1-27H;1-26H;1-26H. The lowest BCUT2D eigenvalue weighted by Gasteiger charge is -2.30. The summed E-state index contributed by atoms with van der Waals surface area (Å²) in [6.07, 6.45) is 3.70. The summed E-state index contributed by atoms with van der Waals surface area (Å²) in [6, 6.07) is 164. The van der Waals surface area contributed by atoms with Crippen LogP contribution in [-0.4, -0.2) is 54.4 Å². The minimum Gasteiger partial charge on any atom is -0.309 e. The highest BCUT2D eigenvalue weighted by Crippen LogP contribution is 2.65. The van der Waals surface area contributed by atoms with Crippen molar-refractivity contribution < 1.29 is 0 Å². The number of hydrogen-bond donors (Lipinski definition) is 0. The van der Waals surface area contributed by atoms with Gasteiger partial charge >= 0.3 is 0 Å². The second-order valence-corrected chi connectivity index (χ2v) is 36.2. The molecule has 2 aliphatic carbocycles. The summed E-state index contributed by atoms with van der Waals surface area (Å²) in [6.45, 7) is 0. The zero-order chi connectivity index (χ0) is 91.9. The number of hydrogen-bond acceptors (Lipinski definition) is 11. The van der Waals surface area contributed by atoms with Crippen molar-refractivity contribution in [3.05, 3.63) is 502 Å². The normalized spacial score (nSPS) is 12.1. The van der Waals surface area contributed by atoms with Crippen LogP contribution >= 0.6 is 11.3 Å². The number of para-hydroxylation sites is 1. The third-order valence-electron chi connectivity index (χ3n) is 27.1. The van der Waals surface area contributed by atoms with Crippen LogP contribution in [0.3, 0.4) is 0 Å². The molecule has 0 saturated carbocycles. The average Bonchev–Trinajstić information content (AvgIpc) is 1.50. The quantitative estimate of drug-likeness (QED) is 0.109. The number of fused-ring (bicyclic) bond motifs is 22. The van der Waals surface area contributed by atoms with Crippen LogP contribution in [0.1, 0.15) is 22.3 Å². The van der Waals surface area contributed by atoms with Gasteiger partial charge in [-0.3, -0.25) is 4.98 Å². The lowest BCUT2D eigenvalue weighted by atomic mass is 9.70. The van der Waals surface area contributed by atoms with Crippen LogP contribution in [0.25, 0.3) is 238 Å². The molecule has 139 heavy (non-hydrogen) atoms. The van der Waals surface area contributed by atoms with E-state index in [2.05, 4.69) is 313 Å². The third kappa shape index (κ3) is 14.3. The maximum absolute atomic E-state index is 5.14. The van der Waals surface area contributed by atoms with E-state index in [1.807, 2.05) is 181 Å². The van der Waals surface area contributed by atoms with Gasteiger partial charge in [-0.15, -0.1) is 11.3 Å². The highest BCUT2D eigenvalue weighted by atomic mass is 32.1. The number of benzene rings is 20. The number of pyridine rings is 1. The summed E-state index contributed by atoms with van der Waals surface area (Å²) in [5.74, 6) is 5.85. The summed E-state index contributed by atoms with van der Waals surface area (Å²) in [5, 5.41) is 14.7. The molecule has 0 bridgehead atoms. The van der Waals surface area contributed by atoms with Gasteiger partial charge in [-0.25, -0.2) is 44.9 Å². The lowest BCUT2D eigenvalue weighted by molar-refractivity contribution is 0.794. The molecule has 0 aliphatic heterocycles. The molecule has 648 valence electrons. The first-order chi connectivity index (χ1) is 68.9. The molecular formula is C127H79N11S. The van der Waals surface area contributed by atoms with Crippen LogP contribution in [0.15, 0.2) is 480 Å². The maximum Gasteiger partial charge on any atom is 0.164 e. The molecule has 0 amide bonds. The highest BCUT2D eigenvalue weighted by molar-refractivity contribution is 7.26. The average molecular weight is 1790 g/mol. The van der Waals surface area contributed by atoms with E-state index in [1.165, 1.54) is 119 Å². The van der Waals surface area contributed by atoms with Crippen molar-refractivity contribution in [2.75, 3.05) is 0 Å². The van der Waals surface area contributed by atoms with E-state index in [0.29, 0.717) is 52.4 Å². The Kier molecular flexibility index (Phi) is 20.1. The van der Waals surface area contributed by atoms with Gasteiger partial charge in [-0.05, 0) is 166 Å². The molecule has 0 atom stereocenters. The zero-order valence-electron chi connectivity index (χ0n) is 74.9. The van der Waals surface area contributed by atoms with E-state index in [9.17, 15) is 0 Å².